The molecule has 0 amide bonds. The zero-order valence-corrected chi connectivity index (χ0v) is 10.9. The summed E-state index contributed by atoms with van der Waals surface area (Å²) in [6.07, 6.45) is 0. The molecule has 0 bridgehead atoms. The Bertz CT molecular complexity index is 1090. The molecule has 0 fully saturated rings. The fourth-order valence-electron chi connectivity index (χ4n) is 2.53. The van der Waals surface area contributed by atoms with E-state index >= 15 is 0 Å². The molecule has 4 rings (SSSR count). The van der Waals surface area contributed by atoms with Crippen LogP contribution < -0.4 is 11.1 Å². The van der Waals surface area contributed by atoms with Crippen LogP contribution in [0, 0.1) is 0 Å². The Morgan fingerprint density at radius 2 is 1.57 bits per heavy atom. The lowest BCUT2D eigenvalue weighted by atomic mass is 10.1. The fraction of sp³-hybridized carbons (Fsp3) is 0. The lowest BCUT2D eigenvalue weighted by molar-refractivity contribution is 1.29. The van der Waals surface area contributed by atoms with E-state index in [0.717, 1.165) is 16.4 Å². The molecule has 0 atom stereocenters. The lowest BCUT2D eigenvalue weighted by Gasteiger charge is -2.01. The highest BCUT2D eigenvalue weighted by molar-refractivity contribution is 5.86. The summed E-state index contributed by atoms with van der Waals surface area (Å²) in [5, 5.41) is 0.958. The van der Waals surface area contributed by atoms with E-state index in [4.69, 9.17) is 0 Å². The van der Waals surface area contributed by atoms with Crippen molar-refractivity contribution in [3.63, 3.8) is 0 Å². The maximum atomic E-state index is 12.2. The number of benzene rings is 1. The van der Waals surface area contributed by atoms with Crippen LogP contribution >= 0.6 is 0 Å². The Balaban J connectivity index is 2.01. The Morgan fingerprint density at radius 3 is 2.48 bits per heavy atom. The second-order valence-corrected chi connectivity index (χ2v) is 4.93. The van der Waals surface area contributed by atoms with Crippen molar-refractivity contribution in [1.29, 1.82) is 0 Å². The molecule has 0 saturated heterocycles. The highest BCUT2D eigenvalue weighted by atomic mass is 16.1. The predicted molar refractivity (Wildman–Crippen MR) is 82.5 cm³/mol. The minimum atomic E-state index is -0.166. The van der Waals surface area contributed by atoms with Crippen molar-refractivity contribution in [2.75, 3.05) is 0 Å². The van der Waals surface area contributed by atoms with Gasteiger partial charge in [-0.05, 0) is 29.7 Å². The molecule has 3 aromatic heterocycles. The Labute approximate surface area is 118 Å². The summed E-state index contributed by atoms with van der Waals surface area (Å²) in [6, 6.07) is 14.4. The van der Waals surface area contributed by atoms with Crippen LogP contribution in [0.3, 0.4) is 0 Å². The van der Waals surface area contributed by atoms with Crippen LogP contribution in [0.25, 0.3) is 33.2 Å². The molecule has 5 heteroatoms. The normalized spacial score (nSPS) is 11.2. The first-order valence-electron chi connectivity index (χ1n) is 6.55. The van der Waals surface area contributed by atoms with Gasteiger partial charge < -0.3 is 15.0 Å². The van der Waals surface area contributed by atoms with Crippen molar-refractivity contribution in [3.8, 4) is 11.3 Å². The SMILES string of the molecule is O=c1ccc2[nH]c(-c3cc4ccccc4[nH]c3=O)cc2[nH]1. The van der Waals surface area contributed by atoms with Gasteiger partial charge in [-0.25, -0.2) is 0 Å². The maximum absolute atomic E-state index is 12.2. The van der Waals surface area contributed by atoms with Gasteiger partial charge in [-0.2, -0.15) is 0 Å². The Hall–Kier alpha value is -3.08. The van der Waals surface area contributed by atoms with Crippen molar-refractivity contribution in [1.82, 2.24) is 15.0 Å². The second-order valence-electron chi connectivity index (χ2n) is 4.93. The quantitative estimate of drug-likeness (QED) is 0.499. The molecule has 1 aromatic carbocycles. The van der Waals surface area contributed by atoms with Crippen molar-refractivity contribution < 1.29 is 0 Å². The summed E-state index contributed by atoms with van der Waals surface area (Å²) in [5.41, 5.74) is 3.17. The summed E-state index contributed by atoms with van der Waals surface area (Å²) in [4.78, 5) is 32.3. The molecule has 0 aliphatic rings. The minimum Gasteiger partial charge on any atom is -0.353 e. The van der Waals surface area contributed by atoms with Crippen LogP contribution in [0.2, 0.25) is 0 Å². The third-order valence-corrected chi connectivity index (χ3v) is 3.55. The molecular weight excluding hydrogens is 266 g/mol. The van der Waals surface area contributed by atoms with Crippen molar-refractivity contribution in [2.24, 2.45) is 0 Å². The average molecular weight is 277 g/mol. The number of H-pyrrole nitrogens is 3. The van der Waals surface area contributed by atoms with Crippen LogP contribution in [0.1, 0.15) is 0 Å². The number of aromatic nitrogens is 3. The van der Waals surface area contributed by atoms with E-state index in [1.165, 1.54) is 6.07 Å². The van der Waals surface area contributed by atoms with Gasteiger partial charge in [-0.15, -0.1) is 0 Å². The van der Waals surface area contributed by atoms with Gasteiger partial charge >= 0.3 is 0 Å². The molecule has 4 aromatic rings. The van der Waals surface area contributed by atoms with Crippen LogP contribution in [-0.2, 0) is 0 Å². The van der Waals surface area contributed by atoms with E-state index in [-0.39, 0.29) is 11.1 Å². The number of aromatic amines is 3. The minimum absolute atomic E-state index is 0.164. The van der Waals surface area contributed by atoms with Crippen molar-refractivity contribution in [3.05, 3.63) is 69.2 Å². The predicted octanol–water partition coefficient (Wildman–Crippen LogP) is 2.36. The second kappa shape index (κ2) is 4.21. The third-order valence-electron chi connectivity index (χ3n) is 3.55. The molecule has 0 spiro atoms. The molecule has 3 heterocycles. The molecule has 0 aliphatic carbocycles. The molecular formula is C16H11N3O2. The molecule has 5 nitrogen and oxygen atoms in total. The van der Waals surface area contributed by atoms with Crippen molar-refractivity contribution in [2.45, 2.75) is 0 Å². The third kappa shape index (κ3) is 1.87. The number of para-hydroxylation sites is 1. The first-order valence-corrected chi connectivity index (χ1v) is 6.55. The van der Waals surface area contributed by atoms with E-state index in [1.807, 2.05) is 30.3 Å². The van der Waals surface area contributed by atoms with E-state index in [9.17, 15) is 9.59 Å². The monoisotopic (exact) mass is 277 g/mol. The topological polar surface area (TPSA) is 81.5 Å². The summed E-state index contributed by atoms with van der Waals surface area (Å²) in [5.74, 6) is 0. The molecule has 0 aliphatic heterocycles. The summed E-state index contributed by atoms with van der Waals surface area (Å²) in [6.45, 7) is 0. The van der Waals surface area contributed by atoms with Gasteiger partial charge in [0.1, 0.15) is 0 Å². The molecule has 102 valence electrons. The highest BCUT2D eigenvalue weighted by Crippen LogP contribution is 2.21. The zero-order valence-electron chi connectivity index (χ0n) is 10.9. The number of hydrogen-bond acceptors (Lipinski definition) is 2. The Kier molecular flexibility index (Phi) is 2.35. The van der Waals surface area contributed by atoms with Gasteiger partial charge in [-0.1, -0.05) is 18.2 Å². The van der Waals surface area contributed by atoms with Gasteiger partial charge in [0.2, 0.25) is 5.56 Å². The molecule has 0 unspecified atom stereocenters. The van der Waals surface area contributed by atoms with Gasteiger partial charge in [-0.3, -0.25) is 9.59 Å². The standard InChI is InChI=1S/C16H11N3O2/c20-15-6-5-12-14(18-15)8-13(17-12)10-7-9-3-1-2-4-11(9)19-16(10)21/h1-8,17H,(H,18,20)(H,19,21). The van der Waals surface area contributed by atoms with Crippen molar-refractivity contribution >= 4 is 21.9 Å². The fourth-order valence-corrected chi connectivity index (χ4v) is 2.53. The van der Waals surface area contributed by atoms with Crippen LogP contribution in [0.4, 0.5) is 0 Å². The van der Waals surface area contributed by atoms with E-state index < -0.39 is 0 Å². The number of nitrogens with one attached hydrogen (secondary N) is 3. The zero-order chi connectivity index (χ0) is 14.4. The summed E-state index contributed by atoms with van der Waals surface area (Å²) >= 11 is 0. The first kappa shape index (κ1) is 11.7. The average Bonchev–Trinajstić information content (AvgIpc) is 2.89. The summed E-state index contributed by atoms with van der Waals surface area (Å²) in [7, 11) is 0. The number of pyridine rings is 2. The van der Waals surface area contributed by atoms with Gasteiger partial charge in [0, 0.05) is 11.6 Å². The molecule has 3 N–H and O–H groups in total. The molecule has 0 radical (unpaired) electrons. The maximum Gasteiger partial charge on any atom is 0.257 e. The lowest BCUT2D eigenvalue weighted by Crippen LogP contribution is -2.08. The highest BCUT2D eigenvalue weighted by Gasteiger charge is 2.09. The van der Waals surface area contributed by atoms with E-state index in [0.29, 0.717) is 16.8 Å². The first-order chi connectivity index (χ1) is 10.2. The largest absolute Gasteiger partial charge is 0.353 e. The Morgan fingerprint density at radius 1 is 0.714 bits per heavy atom. The smallest absolute Gasteiger partial charge is 0.257 e. The number of fused-ring (bicyclic) bond motifs is 2. The molecule has 0 saturated carbocycles. The van der Waals surface area contributed by atoms with Gasteiger partial charge in [0.05, 0.1) is 22.3 Å². The molecule has 21 heavy (non-hydrogen) atoms. The number of hydrogen-bond donors (Lipinski definition) is 3. The van der Waals surface area contributed by atoms with Gasteiger partial charge in [0.15, 0.2) is 0 Å². The number of rotatable bonds is 1. The van der Waals surface area contributed by atoms with E-state index in [1.54, 1.807) is 12.1 Å². The van der Waals surface area contributed by atoms with Crippen LogP contribution in [-0.4, -0.2) is 15.0 Å². The van der Waals surface area contributed by atoms with Crippen LogP contribution in [0.15, 0.2) is 58.1 Å². The van der Waals surface area contributed by atoms with Gasteiger partial charge in [0.25, 0.3) is 5.56 Å². The summed E-state index contributed by atoms with van der Waals surface area (Å²) < 4.78 is 0. The van der Waals surface area contributed by atoms with Crippen LogP contribution in [0.5, 0.6) is 0 Å². The van der Waals surface area contributed by atoms with E-state index in [2.05, 4.69) is 15.0 Å².